The third-order valence-electron chi connectivity index (χ3n) is 3.03. The van der Waals surface area contributed by atoms with Crippen LogP contribution in [0, 0.1) is 10.1 Å². The fourth-order valence-corrected chi connectivity index (χ4v) is 3.32. The van der Waals surface area contributed by atoms with E-state index in [1.165, 1.54) is 6.07 Å². The molecule has 0 radical (unpaired) electrons. The van der Waals surface area contributed by atoms with Gasteiger partial charge < -0.3 is 0 Å². The Hall–Kier alpha value is -2.23. The summed E-state index contributed by atoms with van der Waals surface area (Å²) in [6.07, 6.45) is -4.82. The van der Waals surface area contributed by atoms with E-state index in [9.17, 15) is 23.3 Å². The molecule has 0 unspecified atom stereocenters. The third kappa shape index (κ3) is 3.01. The predicted molar refractivity (Wildman–Crippen MR) is 76.5 cm³/mol. The zero-order valence-corrected chi connectivity index (χ0v) is 13.0. The van der Waals surface area contributed by atoms with Gasteiger partial charge in [-0.25, -0.2) is 0 Å². The number of hydrogen-bond acceptors (Lipinski definition) is 4. The van der Waals surface area contributed by atoms with Gasteiger partial charge in [0, 0.05) is 11.6 Å². The standard InChI is InChI=1S/C12H13F3N4O2Si/c1-22(2,3)11-10(16-18-17-11)7-4-5-9(19(20)21)8(6-7)12(13,14)15/h4-6H,1-3H3,(H,16,17,18). The van der Waals surface area contributed by atoms with Crippen LogP contribution >= 0.6 is 0 Å². The van der Waals surface area contributed by atoms with E-state index in [0.717, 1.165) is 12.1 Å². The monoisotopic (exact) mass is 330 g/mol. The van der Waals surface area contributed by atoms with Crippen LogP contribution in [-0.2, 0) is 6.18 Å². The number of nitrogens with one attached hydrogen (secondary N) is 1. The number of nitro benzene ring substituents is 1. The summed E-state index contributed by atoms with van der Waals surface area (Å²) < 4.78 is 39.1. The SMILES string of the molecule is C[Si](C)(C)c1n[nH]nc1-c1ccc([N+](=O)[O-])c(C(F)(F)F)c1. The summed E-state index contributed by atoms with van der Waals surface area (Å²) in [5.74, 6) is 0. The molecule has 1 N–H and O–H groups in total. The second-order valence-corrected chi connectivity index (χ2v) is 10.7. The number of hydrogen-bond donors (Lipinski definition) is 1. The molecule has 0 amide bonds. The fourth-order valence-electron chi connectivity index (χ4n) is 2.02. The predicted octanol–water partition coefficient (Wildman–Crippen LogP) is 2.94. The zero-order valence-electron chi connectivity index (χ0n) is 12.0. The normalized spacial score (nSPS) is 12.5. The summed E-state index contributed by atoms with van der Waals surface area (Å²) in [7, 11) is -1.93. The van der Waals surface area contributed by atoms with Gasteiger partial charge in [-0.3, -0.25) is 10.1 Å². The van der Waals surface area contributed by atoms with Gasteiger partial charge in [-0.15, -0.1) is 0 Å². The summed E-state index contributed by atoms with van der Waals surface area (Å²) >= 11 is 0. The molecule has 22 heavy (non-hydrogen) atoms. The van der Waals surface area contributed by atoms with E-state index in [1.807, 2.05) is 19.6 Å². The topological polar surface area (TPSA) is 84.7 Å². The van der Waals surface area contributed by atoms with Crippen LogP contribution in [0.4, 0.5) is 18.9 Å². The van der Waals surface area contributed by atoms with E-state index in [0.29, 0.717) is 11.0 Å². The van der Waals surface area contributed by atoms with Crippen LogP contribution in [0.2, 0.25) is 19.6 Å². The lowest BCUT2D eigenvalue weighted by Gasteiger charge is -2.14. The number of aromatic amines is 1. The molecule has 118 valence electrons. The maximum absolute atomic E-state index is 13.0. The highest BCUT2D eigenvalue weighted by Crippen LogP contribution is 2.38. The minimum atomic E-state index is -4.82. The first-order chi connectivity index (χ1) is 10.0. The van der Waals surface area contributed by atoms with Crippen LogP contribution in [0.5, 0.6) is 0 Å². The van der Waals surface area contributed by atoms with E-state index < -0.39 is 30.4 Å². The Kier molecular flexibility index (Phi) is 3.81. The molecular weight excluding hydrogens is 317 g/mol. The number of nitrogens with zero attached hydrogens (tertiary/aromatic N) is 3. The Bertz CT molecular complexity index is 722. The maximum atomic E-state index is 13.0. The molecule has 1 aromatic carbocycles. The van der Waals surface area contributed by atoms with Crippen LogP contribution in [0.1, 0.15) is 5.56 Å². The van der Waals surface area contributed by atoms with Gasteiger partial charge in [-0.2, -0.15) is 28.6 Å². The van der Waals surface area contributed by atoms with Crippen molar-refractivity contribution in [2.24, 2.45) is 0 Å². The highest BCUT2D eigenvalue weighted by molar-refractivity contribution is 6.89. The molecule has 2 rings (SSSR count). The van der Waals surface area contributed by atoms with Gasteiger partial charge in [0.1, 0.15) is 19.3 Å². The van der Waals surface area contributed by atoms with Crippen molar-refractivity contribution in [1.82, 2.24) is 15.4 Å². The fraction of sp³-hybridized carbons (Fsp3) is 0.333. The molecular formula is C12H13F3N4O2Si. The minimum Gasteiger partial charge on any atom is -0.258 e. The van der Waals surface area contributed by atoms with E-state index >= 15 is 0 Å². The summed E-state index contributed by atoms with van der Waals surface area (Å²) in [6.45, 7) is 5.93. The number of benzene rings is 1. The van der Waals surface area contributed by atoms with E-state index in [2.05, 4.69) is 15.4 Å². The summed E-state index contributed by atoms with van der Waals surface area (Å²) in [4.78, 5) is 9.72. The lowest BCUT2D eigenvalue weighted by Crippen LogP contribution is -2.40. The van der Waals surface area contributed by atoms with Crippen molar-refractivity contribution in [2.45, 2.75) is 25.8 Å². The largest absolute Gasteiger partial charge is 0.423 e. The van der Waals surface area contributed by atoms with Gasteiger partial charge in [-0.1, -0.05) is 19.6 Å². The van der Waals surface area contributed by atoms with Crippen molar-refractivity contribution in [1.29, 1.82) is 0 Å². The van der Waals surface area contributed by atoms with Crippen molar-refractivity contribution in [3.8, 4) is 11.3 Å². The van der Waals surface area contributed by atoms with Crippen LogP contribution in [0.25, 0.3) is 11.3 Å². The molecule has 1 aromatic heterocycles. The molecule has 0 aliphatic carbocycles. The molecule has 0 aliphatic heterocycles. The second-order valence-electron chi connectivity index (χ2n) is 5.76. The first-order valence-electron chi connectivity index (χ1n) is 6.29. The summed E-state index contributed by atoms with van der Waals surface area (Å²) in [5.41, 5.74) is -1.81. The zero-order chi connectivity index (χ0) is 16.7. The molecule has 0 aliphatic rings. The number of alkyl halides is 3. The first-order valence-corrected chi connectivity index (χ1v) is 9.79. The van der Waals surface area contributed by atoms with Gasteiger partial charge in [0.05, 0.1) is 10.2 Å². The Balaban J connectivity index is 2.65. The van der Waals surface area contributed by atoms with Crippen LogP contribution in [0.3, 0.4) is 0 Å². The van der Waals surface area contributed by atoms with E-state index in [4.69, 9.17) is 0 Å². The van der Waals surface area contributed by atoms with Crippen molar-refractivity contribution in [2.75, 3.05) is 0 Å². The van der Waals surface area contributed by atoms with Gasteiger partial charge in [0.2, 0.25) is 0 Å². The number of H-pyrrole nitrogens is 1. The van der Waals surface area contributed by atoms with Crippen LogP contribution in [0.15, 0.2) is 18.2 Å². The van der Waals surface area contributed by atoms with Crippen molar-refractivity contribution in [3.05, 3.63) is 33.9 Å². The van der Waals surface area contributed by atoms with Crippen molar-refractivity contribution >= 4 is 19.1 Å². The molecule has 2 aromatic rings. The minimum absolute atomic E-state index is 0.157. The Morgan fingerprint density at radius 2 is 1.86 bits per heavy atom. The van der Waals surface area contributed by atoms with Gasteiger partial charge >= 0.3 is 6.18 Å². The molecule has 0 atom stereocenters. The number of nitro groups is 1. The van der Waals surface area contributed by atoms with Crippen molar-refractivity contribution < 1.29 is 18.1 Å². The lowest BCUT2D eigenvalue weighted by atomic mass is 10.1. The van der Waals surface area contributed by atoms with Gasteiger partial charge in [-0.05, 0) is 12.1 Å². The Morgan fingerprint density at radius 1 is 1.23 bits per heavy atom. The summed E-state index contributed by atoms with van der Waals surface area (Å²) in [6, 6.07) is 2.86. The molecule has 1 heterocycles. The third-order valence-corrected chi connectivity index (χ3v) is 4.80. The average Bonchev–Trinajstić information content (AvgIpc) is 2.85. The van der Waals surface area contributed by atoms with Crippen LogP contribution in [-0.4, -0.2) is 28.4 Å². The Morgan fingerprint density at radius 3 is 2.36 bits per heavy atom. The molecule has 6 nitrogen and oxygen atoms in total. The molecule has 0 fully saturated rings. The molecule has 0 saturated carbocycles. The van der Waals surface area contributed by atoms with E-state index in [-0.39, 0.29) is 5.56 Å². The van der Waals surface area contributed by atoms with Crippen LogP contribution < -0.4 is 5.32 Å². The first kappa shape index (κ1) is 16.1. The number of aromatic nitrogens is 3. The second kappa shape index (κ2) is 5.20. The average molecular weight is 330 g/mol. The molecule has 10 heteroatoms. The highest BCUT2D eigenvalue weighted by Gasteiger charge is 2.39. The molecule has 0 bridgehead atoms. The summed E-state index contributed by atoms with van der Waals surface area (Å²) in [5, 5.41) is 21.7. The van der Waals surface area contributed by atoms with Gasteiger partial charge in [0.25, 0.3) is 5.69 Å². The smallest absolute Gasteiger partial charge is 0.258 e. The molecule has 0 saturated heterocycles. The van der Waals surface area contributed by atoms with E-state index in [1.54, 1.807) is 0 Å². The number of rotatable bonds is 3. The quantitative estimate of drug-likeness (QED) is 0.533. The lowest BCUT2D eigenvalue weighted by molar-refractivity contribution is -0.388. The molecule has 0 spiro atoms. The maximum Gasteiger partial charge on any atom is 0.423 e. The highest BCUT2D eigenvalue weighted by atomic mass is 28.3. The number of halogens is 3. The van der Waals surface area contributed by atoms with Crippen molar-refractivity contribution in [3.63, 3.8) is 0 Å². The Labute approximate surface area is 124 Å². The van der Waals surface area contributed by atoms with Gasteiger partial charge in [0.15, 0.2) is 0 Å².